The van der Waals surface area contributed by atoms with Crippen LogP contribution in [0.1, 0.15) is 26.7 Å². The number of hydrogen-bond donors (Lipinski definition) is 0. The van der Waals surface area contributed by atoms with Crippen molar-refractivity contribution in [3.05, 3.63) is 18.2 Å². The maximum atomic E-state index is 13.2. The van der Waals surface area contributed by atoms with E-state index in [2.05, 4.69) is 8.75 Å². The molecule has 2 amide bonds. The normalized spacial score (nSPS) is 21.1. The van der Waals surface area contributed by atoms with E-state index in [1.54, 1.807) is 28.0 Å². The molecule has 0 bridgehead atoms. The third kappa shape index (κ3) is 4.31. The minimum Gasteiger partial charge on any atom is -0.342 e. The highest BCUT2D eigenvalue weighted by molar-refractivity contribution is 7.89. The summed E-state index contributed by atoms with van der Waals surface area (Å²) in [5.41, 5.74) is 0.959. The minimum atomic E-state index is -3.72. The number of aromatic nitrogens is 2. The van der Waals surface area contributed by atoms with Crippen molar-refractivity contribution < 1.29 is 18.0 Å². The minimum absolute atomic E-state index is 0.0177. The predicted octanol–water partition coefficient (Wildman–Crippen LogP) is 1.42. The van der Waals surface area contributed by atoms with E-state index in [1.807, 2.05) is 13.8 Å². The Bertz CT molecular complexity index is 1080. The summed E-state index contributed by atoms with van der Waals surface area (Å²) in [6, 6.07) is 4.97. The van der Waals surface area contributed by atoms with Gasteiger partial charge < -0.3 is 9.80 Å². The third-order valence-corrected chi connectivity index (χ3v) is 8.47. The summed E-state index contributed by atoms with van der Waals surface area (Å²) >= 11 is 0.990. The molecule has 0 spiro atoms. The van der Waals surface area contributed by atoms with Gasteiger partial charge in [0.05, 0.1) is 17.6 Å². The quantitative estimate of drug-likeness (QED) is 0.676. The molecule has 1 unspecified atom stereocenters. The number of piperidine rings is 1. The molecule has 4 rings (SSSR count). The fourth-order valence-corrected chi connectivity index (χ4v) is 6.45. The largest absolute Gasteiger partial charge is 0.342 e. The van der Waals surface area contributed by atoms with Crippen molar-refractivity contribution in [3.8, 4) is 0 Å². The van der Waals surface area contributed by atoms with E-state index in [4.69, 9.17) is 0 Å². The van der Waals surface area contributed by atoms with E-state index >= 15 is 0 Å². The van der Waals surface area contributed by atoms with Gasteiger partial charge in [-0.25, -0.2) is 8.42 Å². The summed E-state index contributed by atoms with van der Waals surface area (Å²) in [6.07, 6.45) is 1.58. The van der Waals surface area contributed by atoms with Crippen LogP contribution in [0.15, 0.2) is 23.1 Å². The Morgan fingerprint density at radius 3 is 2.52 bits per heavy atom. The second-order valence-electron chi connectivity index (χ2n) is 8.40. The number of nitrogens with zero attached hydrogens (tertiary/aromatic N) is 5. The molecule has 2 aliphatic heterocycles. The highest BCUT2D eigenvalue weighted by Gasteiger charge is 2.36. The summed E-state index contributed by atoms with van der Waals surface area (Å²) in [6.45, 7) is 6.06. The molecule has 2 aliphatic rings. The van der Waals surface area contributed by atoms with Crippen molar-refractivity contribution in [1.29, 1.82) is 0 Å². The Kier molecular flexibility index (Phi) is 6.27. The fraction of sp³-hybridized carbons (Fsp3) is 0.600. The van der Waals surface area contributed by atoms with Crippen LogP contribution in [0.25, 0.3) is 11.0 Å². The summed E-state index contributed by atoms with van der Waals surface area (Å²) in [5, 5.41) is 0. The topological polar surface area (TPSA) is 104 Å². The molecule has 168 valence electrons. The number of fused-ring (bicyclic) bond motifs is 1. The number of rotatable bonds is 4. The summed E-state index contributed by atoms with van der Waals surface area (Å²) in [5.74, 6) is -0.197. The van der Waals surface area contributed by atoms with E-state index in [9.17, 15) is 18.0 Å². The van der Waals surface area contributed by atoms with E-state index in [1.165, 1.54) is 4.31 Å². The van der Waals surface area contributed by atoms with Crippen LogP contribution < -0.4 is 0 Å². The molecule has 1 aromatic carbocycles. The van der Waals surface area contributed by atoms with E-state index in [0.29, 0.717) is 37.2 Å². The first-order valence-electron chi connectivity index (χ1n) is 10.6. The van der Waals surface area contributed by atoms with Gasteiger partial charge in [0, 0.05) is 45.2 Å². The zero-order valence-corrected chi connectivity index (χ0v) is 19.4. The lowest BCUT2D eigenvalue weighted by Gasteiger charge is -2.39. The smallest absolute Gasteiger partial charge is 0.245 e. The van der Waals surface area contributed by atoms with Crippen molar-refractivity contribution in [2.24, 2.45) is 11.8 Å². The number of carbonyl (C=O) groups excluding carboxylic acids is 2. The number of carbonyl (C=O) groups is 2. The number of likely N-dealkylation sites (tertiary alicyclic amines) is 1. The molecule has 0 N–H and O–H groups in total. The molecule has 1 atom stereocenters. The van der Waals surface area contributed by atoms with Crippen molar-refractivity contribution in [3.63, 3.8) is 0 Å². The summed E-state index contributed by atoms with van der Waals surface area (Å²) < 4.78 is 36.0. The molecule has 31 heavy (non-hydrogen) atoms. The Morgan fingerprint density at radius 1 is 1.06 bits per heavy atom. The number of sulfonamides is 1. The predicted molar refractivity (Wildman–Crippen MR) is 117 cm³/mol. The van der Waals surface area contributed by atoms with Crippen molar-refractivity contribution in [2.45, 2.75) is 31.6 Å². The molecule has 2 fully saturated rings. The Labute approximate surface area is 186 Å². The van der Waals surface area contributed by atoms with Crippen LogP contribution in [0, 0.1) is 11.8 Å². The number of benzene rings is 1. The molecule has 2 aromatic rings. The van der Waals surface area contributed by atoms with Gasteiger partial charge in [-0.15, -0.1) is 0 Å². The molecule has 0 aliphatic carbocycles. The van der Waals surface area contributed by atoms with Crippen molar-refractivity contribution >= 4 is 44.6 Å². The lowest BCUT2D eigenvalue weighted by atomic mass is 9.95. The average Bonchev–Trinajstić information content (AvgIpc) is 3.27. The maximum absolute atomic E-state index is 13.2. The van der Waals surface area contributed by atoms with Crippen LogP contribution >= 0.6 is 11.7 Å². The van der Waals surface area contributed by atoms with Gasteiger partial charge in [-0.05, 0) is 25.0 Å². The van der Waals surface area contributed by atoms with Crippen LogP contribution in [0.5, 0.6) is 0 Å². The zero-order chi connectivity index (χ0) is 22.2. The van der Waals surface area contributed by atoms with Gasteiger partial charge in [0.2, 0.25) is 21.8 Å². The molecule has 2 saturated heterocycles. The Morgan fingerprint density at radius 2 is 1.81 bits per heavy atom. The van der Waals surface area contributed by atoms with Gasteiger partial charge in [-0.3, -0.25) is 9.59 Å². The lowest BCUT2D eigenvalue weighted by Crippen LogP contribution is -2.54. The fourth-order valence-electron chi connectivity index (χ4n) is 4.28. The van der Waals surface area contributed by atoms with Crippen LogP contribution in [0.2, 0.25) is 0 Å². The van der Waals surface area contributed by atoms with Gasteiger partial charge in [-0.1, -0.05) is 19.9 Å². The van der Waals surface area contributed by atoms with Crippen LogP contribution in [-0.2, 0) is 19.6 Å². The van der Waals surface area contributed by atoms with Gasteiger partial charge in [0.25, 0.3) is 0 Å². The van der Waals surface area contributed by atoms with Crippen LogP contribution in [-0.4, -0.2) is 82.4 Å². The van der Waals surface area contributed by atoms with Crippen LogP contribution in [0.3, 0.4) is 0 Å². The summed E-state index contributed by atoms with van der Waals surface area (Å²) in [7, 11) is -3.72. The highest BCUT2D eigenvalue weighted by Crippen LogP contribution is 2.26. The second kappa shape index (κ2) is 8.79. The van der Waals surface area contributed by atoms with Crippen LogP contribution in [0.4, 0.5) is 0 Å². The highest BCUT2D eigenvalue weighted by atomic mass is 32.2. The van der Waals surface area contributed by atoms with E-state index in [0.717, 1.165) is 24.6 Å². The molecule has 0 saturated carbocycles. The third-order valence-electron chi connectivity index (χ3n) is 5.99. The molecular weight excluding hydrogens is 438 g/mol. The number of amides is 2. The first-order chi connectivity index (χ1) is 14.8. The molecule has 3 heterocycles. The monoisotopic (exact) mass is 465 g/mol. The molecule has 0 radical (unpaired) electrons. The average molecular weight is 466 g/mol. The zero-order valence-electron chi connectivity index (χ0n) is 17.7. The Balaban J connectivity index is 1.41. The standard InChI is InChI=1S/C20H27N5O4S2/c1-14(2)19(26)24-8-4-5-15(13-24)20(27)23-9-11-25(12-10-23)31(28,29)17-7-3-6-16-18(17)22-30-21-16/h3,6-7,14-15H,4-5,8-13H2,1-2H3. The molecule has 9 nitrogen and oxygen atoms in total. The molecular formula is C20H27N5O4S2. The van der Waals surface area contributed by atoms with E-state index < -0.39 is 10.0 Å². The SMILES string of the molecule is CC(C)C(=O)N1CCCC(C(=O)N2CCN(S(=O)(=O)c3cccc4nsnc34)CC2)C1. The van der Waals surface area contributed by atoms with Crippen molar-refractivity contribution in [2.75, 3.05) is 39.3 Å². The van der Waals surface area contributed by atoms with Crippen molar-refractivity contribution in [1.82, 2.24) is 22.9 Å². The lowest BCUT2D eigenvalue weighted by molar-refractivity contribution is -0.143. The second-order valence-corrected chi connectivity index (χ2v) is 10.8. The van der Waals surface area contributed by atoms with Gasteiger partial charge >= 0.3 is 0 Å². The number of piperazine rings is 1. The van der Waals surface area contributed by atoms with E-state index in [-0.39, 0.29) is 41.6 Å². The van der Waals surface area contributed by atoms with Gasteiger partial charge in [0.1, 0.15) is 15.9 Å². The maximum Gasteiger partial charge on any atom is 0.245 e. The Hall–Kier alpha value is -2.11. The first kappa shape index (κ1) is 22.1. The van der Waals surface area contributed by atoms with Gasteiger partial charge in [0.15, 0.2) is 0 Å². The summed E-state index contributed by atoms with van der Waals surface area (Å²) in [4.78, 5) is 29.1. The number of hydrogen-bond acceptors (Lipinski definition) is 7. The first-order valence-corrected chi connectivity index (χ1v) is 12.7. The molecule has 1 aromatic heterocycles. The molecule has 11 heteroatoms. The van der Waals surface area contributed by atoms with Gasteiger partial charge in [-0.2, -0.15) is 13.1 Å².